The molecule has 35 heavy (non-hydrogen) atoms. The van der Waals surface area contributed by atoms with E-state index < -0.39 is 29.9 Å². The van der Waals surface area contributed by atoms with Crippen LogP contribution in [0.4, 0.5) is 10.5 Å². The van der Waals surface area contributed by atoms with Crippen LogP contribution in [-0.2, 0) is 14.3 Å². The number of urea groups is 1. The molecule has 0 bridgehead atoms. The number of anilines is 1. The number of rotatable bonds is 9. The van der Waals surface area contributed by atoms with Crippen LogP contribution >= 0.6 is 11.8 Å². The summed E-state index contributed by atoms with van der Waals surface area (Å²) in [5.74, 6) is -1.26. The van der Waals surface area contributed by atoms with Gasteiger partial charge in [0.25, 0.3) is 5.91 Å². The maximum Gasteiger partial charge on any atom is 0.319 e. The van der Waals surface area contributed by atoms with E-state index in [0.29, 0.717) is 18.5 Å². The molecule has 2 heterocycles. The van der Waals surface area contributed by atoms with Gasteiger partial charge in [0.1, 0.15) is 11.7 Å². The summed E-state index contributed by atoms with van der Waals surface area (Å²) in [6.45, 7) is 0.473. The number of methoxy groups -OCH3 is 1. The standard InChI is InChI=1S/C23H28N6O5S/c1-34-19(30)7-4-9-26-21(31)20-17(8-12-29(20)22(32)18-14-24-10-11-25-18)28-23(33)27-15-5-3-6-16(13-15)35-2/h3,5-6,10-11,13-14,17,20H,4,7-9,12H2,1-2H3,(H,26,31)(H2,27,28,33)/t17-,20+/m0/s1. The van der Waals surface area contributed by atoms with E-state index in [1.54, 1.807) is 17.8 Å². The lowest BCUT2D eigenvalue weighted by Gasteiger charge is -2.27. The van der Waals surface area contributed by atoms with Crippen LogP contribution in [0.5, 0.6) is 0 Å². The summed E-state index contributed by atoms with van der Waals surface area (Å²) in [4.78, 5) is 60.6. The van der Waals surface area contributed by atoms with Crippen molar-refractivity contribution in [3.8, 4) is 0 Å². The van der Waals surface area contributed by atoms with Crippen LogP contribution in [0.3, 0.4) is 0 Å². The van der Waals surface area contributed by atoms with Crippen LogP contribution in [0, 0.1) is 0 Å². The van der Waals surface area contributed by atoms with Crippen LogP contribution < -0.4 is 16.0 Å². The lowest BCUT2D eigenvalue weighted by molar-refractivity contribution is -0.140. The van der Waals surface area contributed by atoms with Crippen LogP contribution in [0.25, 0.3) is 0 Å². The van der Waals surface area contributed by atoms with Gasteiger partial charge in [-0.1, -0.05) is 6.07 Å². The summed E-state index contributed by atoms with van der Waals surface area (Å²) in [6, 6.07) is 5.32. The number of nitrogens with one attached hydrogen (secondary N) is 3. The number of carbonyl (C=O) groups is 4. The summed E-state index contributed by atoms with van der Waals surface area (Å²) in [6.07, 6.45) is 7.04. The van der Waals surface area contributed by atoms with E-state index >= 15 is 0 Å². The third-order valence-corrected chi connectivity index (χ3v) is 6.16. The molecule has 1 aliphatic rings. The van der Waals surface area contributed by atoms with Gasteiger partial charge in [-0.2, -0.15) is 0 Å². The van der Waals surface area contributed by atoms with Crippen LogP contribution in [-0.4, -0.2) is 77.2 Å². The quantitative estimate of drug-likeness (QED) is 0.268. The van der Waals surface area contributed by atoms with Crippen molar-refractivity contribution < 1.29 is 23.9 Å². The first-order chi connectivity index (χ1) is 16.9. The number of hydrogen-bond donors (Lipinski definition) is 3. The topological polar surface area (TPSA) is 143 Å². The number of nitrogens with zero attached hydrogens (tertiary/aromatic N) is 3. The van der Waals surface area contributed by atoms with Gasteiger partial charge in [0.15, 0.2) is 0 Å². The fourth-order valence-electron chi connectivity index (χ4n) is 3.74. The van der Waals surface area contributed by atoms with Crippen molar-refractivity contribution in [1.29, 1.82) is 0 Å². The summed E-state index contributed by atoms with van der Waals surface area (Å²) in [5, 5.41) is 8.36. The highest BCUT2D eigenvalue weighted by molar-refractivity contribution is 7.98. The van der Waals surface area contributed by atoms with Gasteiger partial charge in [-0.3, -0.25) is 19.4 Å². The van der Waals surface area contributed by atoms with Gasteiger partial charge in [0.2, 0.25) is 5.91 Å². The van der Waals surface area contributed by atoms with E-state index in [1.807, 2.05) is 24.5 Å². The fourth-order valence-corrected chi connectivity index (χ4v) is 4.20. The Morgan fingerprint density at radius 2 is 2.06 bits per heavy atom. The minimum atomic E-state index is -0.953. The van der Waals surface area contributed by atoms with E-state index in [2.05, 4.69) is 30.7 Å². The number of ether oxygens (including phenoxy) is 1. The molecule has 1 aliphatic heterocycles. The van der Waals surface area contributed by atoms with Gasteiger partial charge >= 0.3 is 12.0 Å². The maximum absolute atomic E-state index is 13.1. The second-order valence-corrected chi connectivity index (χ2v) is 8.61. The first-order valence-corrected chi connectivity index (χ1v) is 12.3. The lowest BCUT2D eigenvalue weighted by atomic mass is 10.1. The Balaban J connectivity index is 1.70. The predicted molar refractivity (Wildman–Crippen MR) is 130 cm³/mol. The smallest absolute Gasteiger partial charge is 0.319 e. The molecule has 3 rings (SSSR count). The summed E-state index contributed by atoms with van der Waals surface area (Å²) >= 11 is 1.55. The molecule has 2 atom stereocenters. The number of hydrogen-bond acceptors (Lipinski definition) is 8. The largest absolute Gasteiger partial charge is 0.469 e. The molecule has 4 amide bonds. The van der Waals surface area contributed by atoms with E-state index in [9.17, 15) is 19.2 Å². The number of aromatic nitrogens is 2. The highest BCUT2D eigenvalue weighted by Gasteiger charge is 2.43. The molecule has 0 radical (unpaired) electrons. The van der Waals surface area contributed by atoms with E-state index in [4.69, 9.17) is 0 Å². The first kappa shape index (κ1) is 25.9. The summed E-state index contributed by atoms with van der Waals surface area (Å²) in [5.41, 5.74) is 0.721. The van der Waals surface area contributed by atoms with Crippen molar-refractivity contribution in [1.82, 2.24) is 25.5 Å². The molecule has 186 valence electrons. The second kappa shape index (κ2) is 12.7. The highest BCUT2D eigenvalue weighted by Crippen LogP contribution is 2.22. The van der Waals surface area contributed by atoms with Gasteiger partial charge in [0, 0.05) is 42.5 Å². The van der Waals surface area contributed by atoms with Gasteiger partial charge in [-0.15, -0.1) is 11.8 Å². The summed E-state index contributed by atoms with van der Waals surface area (Å²) in [7, 11) is 1.30. The Morgan fingerprint density at radius 3 is 2.77 bits per heavy atom. The number of esters is 1. The van der Waals surface area contributed by atoms with Crippen molar-refractivity contribution in [2.75, 3.05) is 31.8 Å². The molecule has 3 N–H and O–H groups in total. The van der Waals surface area contributed by atoms with Crippen LogP contribution in [0.15, 0.2) is 47.8 Å². The average Bonchev–Trinajstić information content (AvgIpc) is 3.29. The normalized spacial score (nSPS) is 16.9. The van der Waals surface area contributed by atoms with Crippen LogP contribution in [0.2, 0.25) is 0 Å². The Morgan fingerprint density at radius 1 is 1.23 bits per heavy atom. The molecule has 11 nitrogen and oxygen atoms in total. The molecule has 12 heteroatoms. The zero-order valence-corrected chi connectivity index (χ0v) is 20.3. The Bertz CT molecular complexity index is 1050. The van der Waals surface area contributed by atoms with Crippen molar-refractivity contribution in [3.05, 3.63) is 48.5 Å². The van der Waals surface area contributed by atoms with Crippen molar-refractivity contribution >= 4 is 41.3 Å². The molecule has 0 aliphatic carbocycles. The predicted octanol–water partition coefficient (Wildman–Crippen LogP) is 1.67. The Hall–Kier alpha value is -3.67. The van der Waals surface area contributed by atoms with Gasteiger partial charge in [0.05, 0.1) is 19.3 Å². The molecule has 1 aromatic carbocycles. The molecule has 1 saturated heterocycles. The minimum Gasteiger partial charge on any atom is -0.469 e. The van der Waals surface area contributed by atoms with Crippen molar-refractivity contribution in [2.24, 2.45) is 0 Å². The molecule has 1 fully saturated rings. The van der Waals surface area contributed by atoms with E-state index in [1.165, 1.54) is 30.6 Å². The SMILES string of the molecule is COC(=O)CCCNC(=O)[C@H]1[C@@H](NC(=O)Nc2cccc(SC)c2)CCN1C(=O)c1cnccn1. The zero-order valence-electron chi connectivity index (χ0n) is 19.5. The Labute approximate surface area is 207 Å². The number of thioether (sulfide) groups is 1. The second-order valence-electron chi connectivity index (χ2n) is 7.73. The van der Waals surface area contributed by atoms with Crippen LogP contribution in [0.1, 0.15) is 29.8 Å². The minimum absolute atomic E-state index is 0.106. The highest BCUT2D eigenvalue weighted by atomic mass is 32.2. The van der Waals surface area contributed by atoms with Gasteiger partial charge in [-0.25, -0.2) is 9.78 Å². The Kier molecular flexibility index (Phi) is 9.41. The number of likely N-dealkylation sites (tertiary alicyclic amines) is 1. The molecular formula is C23H28N6O5S. The van der Waals surface area contributed by atoms with Crippen molar-refractivity contribution in [2.45, 2.75) is 36.2 Å². The lowest BCUT2D eigenvalue weighted by Crippen LogP contribution is -2.55. The first-order valence-electron chi connectivity index (χ1n) is 11.1. The third-order valence-electron chi connectivity index (χ3n) is 5.44. The maximum atomic E-state index is 13.1. The molecule has 2 aromatic rings. The zero-order chi connectivity index (χ0) is 25.2. The molecule has 0 saturated carbocycles. The average molecular weight is 501 g/mol. The number of carbonyl (C=O) groups excluding carboxylic acids is 4. The van der Waals surface area contributed by atoms with E-state index in [0.717, 1.165) is 4.90 Å². The molecule has 0 spiro atoms. The van der Waals surface area contributed by atoms with E-state index in [-0.39, 0.29) is 31.2 Å². The van der Waals surface area contributed by atoms with Crippen molar-refractivity contribution in [3.63, 3.8) is 0 Å². The monoisotopic (exact) mass is 500 g/mol. The number of benzene rings is 1. The summed E-state index contributed by atoms with van der Waals surface area (Å²) < 4.78 is 4.61. The molecular weight excluding hydrogens is 472 g/mol. The van der Waals surface area contributed by atoms with Gasteiger partial charge in [-0.05, 0) is 37.3 Å². The fraction of sp³-hybridized carbons (Fsp3) is 0.391. The number of amides is 4. The van der Waals surface area contributed by atoms with Gasteiger partial charge < -0.3 is 25.6 Å². The third kappa shape index (κ3) is 7.15. The molecule has 0 unspecified atom stereocenters. The molecule has 1 aromatic heterocycles.